The van der Waals surface area contributed by atoms with Crippen LogP contribution in [0.4, 0.5) is 0 Å². The fourth-order valence-electron chi connectivity index (χ4n) is 4.46. The third kappa shape index (κ3) is 4.46. The average Bonchev–Trinajstić information content (AvgIpc) is 3.49. The molecule has 2 saturated heterocycles. The second-order valence-electron chi connectivity index (χ2n) is 7.98. The minimum Gasteiger partial charge on any atom is -0.496 e. The molecule has 2 aliphatic heterocycles. The first kappa shape index (κ1) is 19.9. The van der Waals surface area contributed by atoms with Crippen LogP contribution >= 0.6 is 0 Å². The molecular formula is C22H30N4O3. The number of carbonyl (C=O) groups excluding carboxylic acids is 1. The summed E-state index contributed by atoms with van der Waals surface area (Å²) in [6.07, 6.45) is 6.07. The highest BCUT2D eigenvalue weighted by Crippen LogP contribution is 2.31. The van der Waals surface area contributed by atoms with E-state index in [0.29, 0.717) is 19.6 Å². The van der Waals surface area contributed by atoms with Gasteiger partial charge in [0.2, 0.25) is 5.91 Å². The van der Waals surface area contributed by atoms with Gasteiger partial charge in [0.15, 0.2) is 0 Å². The van der Waals surface area contributed by atoms with E-state index in [1.54, 1.807) is 11.8 Å². The van der Waals surface area contributed by atoms with Crippen molar-refractivity contribution in [2.24, 2.45) is 13.0 Å². The molecule has 0 radical (unpaired) electrons. The molecule has 3 heterocycles. The summed E-state index contributed by atoms with van der Waals surface area (Å²) in [4.78, 5) is 15.7. The highest BCUT2D eigenvalue weighted by atomic mass is 16.5. The van der Waals surface area contributed by atoms with Crippen LogP contribution in [0.25, 0.3) is 0 Å². The van der Waals surface area contributed by atoms with Gasteiger partial charge in [0.05, 0.1) is 25.3 Å². The Bertz CT molecular complexity index is 831. The Morgan fingerprint density at radius 1 is 1.38 bits per heavy atom. The number of para-hydroxylation sites is 1. The van der Waals surface area contributed by atoms with Gasteiger partial charge in [-0.25, -0.2) is 0 Å². The van der Waals surface area contributed by atoms with E-state index in [1.165, 1.54) is 0 Å². The molecule has 0 bridgehead atoms. The number of benzene rings is 1. The topological polar surface area (TPSA) is 68.6 Å². The zero-order valence-corrected chi connectivity index (χ0v) is 17.2. The van der Waals surface area contributed by atoms with Crippen LogP contribution in [0.15, 0.2) is 36.7 Å². The van der Waals surface area contributed by atoms with Crippen LogP contribution in [0, 0.1) is 5.92 Å². The molecule has 4 rings (SSSR count). The monoisotopic (exact) mass is 398 g/mol. The summed E-state index contributed by atoms with van der Waals surface area (Å²) in [6, 6.07) is 7.91. The Balaban J connectivity index is 1.56. The third-order valence-corrected chi connectivity index (χ3v) is 6.00. The summed E-state index contributed by atoms with van der Waals surface area (Å²) in [7, 11) is 3.58. The molecular weight excluding hydrogens is 368 g/mol. The Morgan fingerprint density at radius 2 is 2.24 bits per heavy atom. The highest BCUT2D eigenvalue weighted by molar-refractivity contribution is 5.81. The normalized spacial score (nSPS) is 24.0. The zero-order chi connectivity index (χ0) is 20.2. The molecule has 0 spiro atoms. The van der Waals surface area contributed by atoms with Gasteiger partial charge in [-0.15, -0.1) is 0 Å². The largest absolute Gasteiger partial charge is 0.496 e. The maximum absolute atomic E-state index is 13.7. The molecule has 1 N–H and O–H groups in total. The van der Waals surface area contributed by atoms with E-state index in [9.17, 15) is 4.79 Å². The predicted octanol–water partition coefficient (Wildman–Crippen LogP) is 1.94. The quantitative estimate of drug-likeness (QED) is 0.772. The smallest absolute Gasteiger partial charge is 0.228 e. The van der Waals surface area contributed by atoms with Crippen molar-refractivity contribution in [2.45, 2.75) is 31.4 Å². The van der Waals surface area contributed by atoms with E-state index in [-0.39, 0.29) is 23.8 Å². The number of methoxy groups -OCH3 is 1. The molecule has 0 aliphatic carbocycles. The molecule has 2 aliphatic rings. The number of hydrogen-bond acceptors (Lipinski definition) is 5. The van der Waals surface area contributed by atoms with Gasteiger partial charge >= 0.3 is 0 Å². The summed E-state index contributed by atoms with van der Waals surface area (Å²) in [6.45, 7) is 3.41. The van der Waals surface area contributed by atoms with Crippen molar-refractivity contribution in [3.8, 4) is 5.75 Å². The lowest BCUT2D eigenvalue weighted by Gasteiger charge is -2.30. The van der Waals surface area contributed by atoms with Crippen molar-refractivity contribution < 1.29 is 14.3 Å². The molecule has 7 heteroatoms. The van der Waals surface area contributed by atoms with Crippen molar-refractivity contribution in [3.05, 3.63) is 47.8 Å². The number of hydrogen-bond donors (Lipinski definition) is 1. The first-order chi connectivity index (χ1) is 14.2. The van der Waals surface area contributed by atoms with Crippen molar-refractivity contribution in [2.75, 3.05) is 33.4 Å². The third-order valence-electron chi connectivity index (χ3n) is 6.00. The van der Waals surface area contributed by atoms with Crippen LogP contribution in [0.2, 0.25) is 0 Å². The van der Waals surface area contributed by atoms with Crippen LogP contribution in [0.5, 0.6) is 5.75 Å². The van der Waals surface area contributed by atoms with Crippen LogP contribution in [-0.4, -0.2) is 60.0 Å². The number of aryl methyl sites for hydroxylation is 1. The fraction of sp³-hybridized carbons (Fsp3) is 0.545. The molecule has 7 nitrogen and oxygen atoms in total. The van der Waals surface area contributed by atoms with Gasteiger partial charge in [-0.2, -0.15) is 5.10 Å². The van der Waals surface area contributed by atoms with Gasteiger partial charge < -0.3 is 19.7 Å². The van der Waals surface area contributed by atoms with E-state index >= 15 is 0 Å². The zero-order valence-electron chi connectivity index (χ0n) is 17.2. The minimum atomic E-state index is -0.102. The Kier molecular flexibility index (Phi) is 6.16. The lowest BCUT2D eigenvalue weighted by molar-refractivity contribution is -0.137. The van der Waals surface area contributed by atoms with E-state index in [1.807, 2.05) is 48.6 Å². The molecule has 0 saturated carbocycles. The van der Waals surface area contributed by atoms with Crippen LogP contribution < -0.4 is 10.1 Å². The number of nitrogens with zero attached hydrogens (tertiary/aromatic N) is 3. The number of rotatable bonds is 7. The second kappa shape index (κ2) is 8.97. The molecule has 1 aromatic carbocycles. The lowest BCUT2D eigenvalue weighted by Crippen LogP contribution is -2.42. The van der Waals surface area contributed by atoms with Gasteiger partial charge in [0.25, 0.3) is 0 Å². The number of amides is 1. The highest BCUT2D eigenvalue weighted by Gasteiger charge is 2.38. The second-order valence-corrected chi connectivity index (χ2v) is 7.98. The first-order valence-corrected chi connectivity index (χ1v) is 10.4. The summed E-state index contributed by atoms with van der Waals surface area (Å²) >= 11 is 0. The Hall–Kier alpha value is -2.38. The Labute approximate surface area is 172 Å². The van der Waals surface area contributed by atoms with Gasteiger partial charge in [-0.05, 0) is 24.5 Å². The van der Waals surface area contributed by atoms with Crippen molar-refractivity contribution in [1.82, 2.24) is 20.0 Å². The lowest BCUT2D eigenvalue weighted by atomic mass is 9.89. The predicted molar refractivity (Wildman–Crippen MR) is 110 cm³/mol. The van der Waals surface area contributed by atoms with Crippen LogP contribution in [0.1, 0.15) is 29.9 Å². The van der Waals surface area contributed by atoms with E-state index in [0.717, 1.165) is 42.9 Å². The van der Waals surface area contributed by atoms with E-state index < -0.39 is 0 Å². The SMILES string of the molecule is COc1ccccc1CN(CC1CCCO1)C(=O)[C@H]1CNC[C@@H]1c1cnn(C)c1. The fourth-order valence-corrected chi connectivity index (χ4v) is 4.46. The maximum Gasteiger partial charge on any atom is 0.228 e. The van der Waals surface area contributed by atoms with Crippen molar-refractivity contribution in [1.29, 1.82) is 0 Å². The van der Waals surface area contributed by atoms with E-state index in [2.05, 4.69) is 10.4 Å². The number of ether oxygens (including phenoxy) is 2. The van der Waals surface area contributed by atoms with Crippen molar-refractivity contribution >= 4 is 5.91 Å². The molecule has 1 amide bonds. The maximum atomic E-state index is 13.7. The minimum absolute atomic E-state index is 0.102. The molecule has 1 unspecified atom stereocenters. The summed E-state index contributed by atoms with van der Waals surface area (Å²) in [5, 5.41) is 7.71. The van der Waals surface area contributed by atoms with Gasteiger partial charge in [0.1, 0.15) is 5.75 Å². The van der Waals surface area contributed by atoms with Crippen molar-refractivity contribution in [3.63, 3.8) is 0 Å². The summed E-state index contributed by atoms with van der Waals surface area (Å²) in [5.74, 6) is 1.02. The molecule has 156 valence electrons. The molecule has 2 aromatic rings. The van der Waals surface area contributed by atoms with Gasteiger partial charge in [-0.1, -0.05) is 18.2 Å². The van der Waals surface area contributed by atoms with Gasteiger partial charge in [0, 0.05) is 57.5 Å². The molecule has 1 aromatic heterocycles. The average molecular weight is 399 g/mol. The number of carbonyl (C=O) groups is 1. The van der Waals surface area contributed by atoms with Crippen LogP contribution in [0.3, 0.4) is 0 Å². The summed E-state index contributed by atoms with van der Waals surface area (Å²) < 4.78 is 13.2. The Morgan fingerprint density at radius 3 is 2.97 bits per heavy atom. The standard InChI is InChI=1S/C22H30N4O3/c1-25-13-17(10-24-25)19-11-23-12-20(19)22(27)26(15-18-7-5-9-29-18)14-16-6-3-4-8-21(16)28-2/h3-4,6,8,10,13,18-20,23H,5,7,9,11-12,14-15H2,1-2H3/t18?,19-,20+/m1/s1. The first-order valence-electron chi connectivity index (χ1n) is 10.4. The van der Waals surface area contributed by atoms with Gasteiger partial charge in [-0.3, -0.25) is 9.48 Å². The van der Waals surface area contributed by atoms with Crippen LogP contribution in [-0.2, 0) is 23.1 Å². The molecule has 29 heavy (non-hydrogen) atoms. The number of nitrogens with one attached hydrogen (secondary N) is 1. The summed E-state index contributed by atoms with van der Waals surface area (Å²) in [5.41, 5.74) is 2.13. The molecule has 3 atom stereocenters. The molecule has 2 fully saturated rings. The van der Waals surface area contributed by atoms with E-state index in [4.69, 9.17) is 9.47 Å². The number of aromatic nitrogens is 2.